The molecule has 2 aromatic heterocycles. The first-order chi connectivity index (χ1) is 17.8. The summed E-state index contributed by atoms with van der Waals surface area (Å²) in [5, 5.41) is 7.16. The number of fused-ring (bicyclic) bond motifs is 1. The van der Waals surface area contributed by atoms with E-state index in [0.29, 0.717) is 35.4 Å². The number of rotatable bonds is 9. The van der Waals surface area contributed by atoms with Crippen LogP contribution in [0.1, 0.15) is 35.5 Å². The van der Waals surface area contributed by atoms with Crippen LogP contribution in [0, 0.1) is 6.92 Å². The molecule has 0 radical (unpaired) electrons. The van der Waals surface area contributed by atoms with Crippen molar-refractivity contribution < 1.29 is 14.3 Å². The number of benzene rings is 2. The predicted molar refractivity (Wildman–Crippen MR) is 140 cm³/mol. The second-order valence-corrected chi connectivity index (χ2v) is 8.51. The molecular formula is C27H29N5O5. The van der Waals surface area contributed by atoms with Crippen molar-refractivity contribution in [3.8, 4) is 0 Å². The Morgan fingerprint density at radius 2 is 1.73 bits per heavy atom. The fourth-order valence-electron chi connectivity index (χ4n) is 4.30. The second-order valence-electron chi connectivity index (χ2n) is 8.51. The quantitative estimate of drug-likeness (QED) is 0.351. The van der Waals surface area contributed by atoms with Gasteiger partial charge in [0.05, 0.1) is 17.9 Å². The molecule has 1 amide bonds. The van der Waals surface area contributed by atoms with Crippen LogP contribution in [-0.4, -0.2) is 37.4 Å². The van der Waals surface area contributed by atoms with Gasteiger partial charge in [-0.3, -0.25) is 23.4 Å². The zero-order valence-corrected chi connectivity index (χ0v) is 21.1. The van der Waals surface area contributed by atoms with Crippen molar-refractivity contribution in [3.05, 3.63) is 92.3 Å². The Kier molecular flexibility index (Phi) is 7.66. The molecule has 0 unspecified atom stereocenters. The first-order valence-corrected chi connectivity index (χ1v) is 12.2. The van der Waals surface area contributed by atoms with Crippen molar-refractivity contribution in [3.63, 3.8) is 0 Å². The minimum absolute atomic E-state index is 0.161. The summed E-state index contributed by atoms with van der Waals surface area (Å²) in [6.45, 7) is 5.78. The lowest BCUT2D eigenvalue weighted by Crippen LogP contribution is -2.42. The third-order valence-electron chi connectivity index (χ3n) is 6.00. The van der Waals surface area contributed by atoms with E-state index in [9.17, 15) is 19.2 Å². The third kappa shape index (κ3) is 5.37. The normalized spacial score (nSPS) is 11.0. The van der Waals surface area contributed by atoms with Gasteiger partial charge in [0.1, 0.15) is 12.1 Å². The highest BCUT2D eigenvalue weighted by Crippen LogP contribution is 2.15. The summed E-state index contributed by atoms with van der Waals surface area (Å²) in [6.07, 6.45) is 0.480. The lowest BCUT2D eigenvalue weighted by molar-refractivity contribution is -0.116. The van der Waals surface area contributed by atoms with Crippen LogP contribution in [0.5, 0.6) is 0 Å². The van der Waals surface area contributed by atoms with Gasteiger partial charge in [-0.25, -0.2) is 9.59 Å². The maximum atomic E-state index is 13.5. The average molecular weight is 504 g/mol. The van der Waals surface area contributed by atoms with Crippen molar-refractivity contribution in [2.24, 2.45) is 0 Å². The second kappa shape index (κ2) is 11.1. The highest BCUT2D eigenvalue weighted by molar-refractivity contribution is 5.95. The van der Waals surface area contributed by atoms with Gasteiger partial charge in [-0.15, -0.1) is 0 Å². The van der Waals surface area contributed by atoms with Gasteiger partial charge in [0.25, 0.3) is 5.56 Å². The summed E-state index contributed by atoms with van der Waals surface area (Å²) in [5.74, 6) is -0.981. The maximum absolute atomic E-state index is 13.5. The van der Waals surface area contributed by atoms with E-state index >= 15 is 0 Å². The van der Waals surface area contributed by atoms with E-state index in [4.69, 9.17) is 4.74 Å². The molecule has 1 N–H and O–H groups in total. The van der Waals surface area contributed by atoms with Crippen LogP contribution in [-0.2, 0) is 35.6 Å². The van der Waals surface area contributed by atoms with Crippen molar-refractivity contribution >= 4 is 28.6 Å². The van der Waals surface area contributed by atoms with Gasteiger partial charge >= 0.3 is 11.7 Å². The summed E-state index contributed by atoms with van der Waals surface area (Å²) >= 11 is 0. The van der Waals surface area contributed by atoms with Gasteiger partial charge in [-0.05, 0) is 51.0 Å². The number of carbonyl (C=O) groups is 2. The van der Waals surface area contributed by atoms with Crippen LogP contribution < -0.4 is 16.6 Å². The van der Waals surface area contributed by atoms with E-state index in [1.54, 1.807) is 36.7 Å². The summed E-state index contributed by atoms with van der Waals surface area (Å²) in [6, 6.07) is 15.9. The number of ether oxygens (including phenoxy) is 1. The van der Waals surface area contributed by atoms with E-state index in [2.05, 4.69) is 10.4 Å². The van der Waals surface area contributed by atoms with Gasteiger partial charge in [0.2, 0.25) is 5.91 Å². The molecule has 0 atom stereocenters. The van der Waals surface area contributed by atoms with Gasteiger partial charge in [0.15, 0.2) is 5.52 Å². The SMILES string of the molecule is CCOC(=O)c1cccc(NC(=O)Cn2c(=O)n(CCc3ccccc3)c(=O)c3c2c(C)nn3CC)c1. The number of hydrogen-bond donors (Lipinski definition) is 1. The van der Waals surface area contributed by atoms with Crippen LogP contribution >= 0.6 is 0 Å². The molecule has 10 heteroatoms. The minimum Gasteiger partial charge on any atom is -0.462 e. The molecule has 0 bridgehead atoms. The molecule has 0 aliphatic rings. The molecule has 4 rings (SSSR count). The molecule has 0 fully saturated rings. The largest absolute Gasteiger partial charge is 0.462 e. The Morgan fingerprint density at radius 1 is 0.973 bits per heavy atom. The molecule has 192 valence electrons. The van der Waals surface area contributed by atoms with Crippen molar-refractivity contribution in [2.45, 2.75) is 46.8 Å². The van der Waals surface area contributed by atoms with Crippen molar-refractivity contribution in [2.75, 3.05) is 11.9 Å². The number of carbonyl (C=O) groups excluding carboxylic acids is 2. The predicted octanol–water partition coefficient (Wildman–Crippen LogP) is 2.75. The van der Waals surface area contributed by atoms with Gasteiger partial charge in [-0.1, -0.05) is 36.4 Å². The van der Waals surface area contributed by atoms with Gasteiger partial charge in [-0.2, -0.15) is 5.10 Å². The lowest BCUT2D eigenvalue weighted by Gasteiger charge is -2.14. The number of nitrogens with one attached hydrogen (secondary N) is 1. The molecule has 37 heavy (non-hydrogen) atoms. The molecule has 0 aliphatic heterocycles. The molecule has 4 aromatic rings. The summed E-state index contributed by atoms with van der Waals surface area (Å²) in [7, 11) is 0. The summed E-state index contributed by atoms with van der Waals surface area (Å²) in [4.78, 5) is 52.0. The molecule has 0 saturated heterocycles. The van der Waals surface area contributed by atoms with Crippen LogP contribution in [0.3, 0.4) is 0 Å². The highest BCUT2D eigenvalue weighted by Gasteiger charge is 2.21. The highest BCUT2D eigenvalue weighted by atomic mass is 16.5. The third-order valence-corrected chi connectivity index (χ3v) is 6.00. The Morgan fingerprint density at radius 3 is 2.43 bits per heavy atom. The monoisotopic (exact) mass is 503 g/mol. The number of anilines is 1. The molecule has 2 aromatic carbocycles. The van der Waals surface area contributed by atoms with E-state index < -0.39 is 23.1 Å². The number of esters is 1. The van der Waals surface area contributed by atoms with E-state index in [-0.39, 0.29) is 25.2 Å². The Hall–Kier alpha value is -4.47. The Balaban J connectivity index is 1.70. The Bertz CT molecular complexity index is 1570. The first-order valence-electron chi connectivity index (χ1n) is 12.2. The fraction of sp³-hybridized carbons (Fsp3) is 0.296. The zero-order chi connectivity index (χ0) is 26.5. The molecule has 10 nitrogen and oxygen atoms in total. The minimum atomic E-state index is -0.581. The number of nitrogens with zero attached hydrogens (tertiary/aromatic N) is 4. The van der Waals surface area contributed by atoms with E-state index in [0.717, 1.165) is 10.1 Å². The number of amides is 1. The van der Waals surface area contributed by atoms with Gasteiger partial charge < -0.3 is 10.1 Å². The van der Waals surface area contributed by atoms with E-state index in [1.807, 2.05) is 37.3 Å². The summed E-state index contributed by atoms with van der Waals surface area (Å²) < 4.78 is 9.03. The van der Waals surface area contributed by atoms with Crippen LogP contribution in [0.25, 0.3) is 11.0 Å². The number of hydrogen-bond acceptors (Lipinski definition) is 6. The van der Waals surface area contributed by atoms with Crippen LogP contribution in [0.15, 0.2) is 64.2 Å². The Labute approximate surface area is 213 Å². The molecule has 2 heterocycles. The van der Waals surface area contributed by atoms with Crippen LogP contribution in [0.2, 0.25) is 0 Å². The maximum Gasteiger partial charge on any atom is 0.338 e. The summed E-state index contributed by atoms with van der Waals surface area (Å²) in [5.41, 5.74) is 1.76. The van der Waals surface area contributed by atoms with Crippen molar-refractivity contribution in [1.29, 1.82) is 0 Å². The van der Waals surface area contributed by atoms with E-state index in [1.165, 1.54) is 10.6 Å². The first kappa shape index (κ1) is 25.6. The van der Waals surface area contributed by atoms with Crippen molar-refractivity contribution in [1.82, 2.24) is 18.9 Å². The van der Waals surface area contributed by atoms with Crippen LogP contribution in [0.4, 0.5) is 5.69 Å². The van der Waals surface area contributed by atoms with Gasteiger partial charge in [0, 0.05) is 18.8 Å². The smallest absolute Gasteiger partial charge is 0.338 e. The zero-order valence-electron chi connectivity index (χ0n) is 21.1. The molecule has 0 aliphatic carbocycles. The standard InChI is InChI=1S/C27H29N5O5/c1-4-32-24-23(18(3)29-32)31(27(36)30(25(24)34)15-14-19-10-7-6-8-11-19)17-22(33)28-21-13-9-12-20(16-21)26(35)37-5-2/h6-13,16H,4-5,14-15,17H2,1-3H3,(H,28,33). The molecular weight excluding hydrogens is 474 g/mol. The fourth-order valence-corrected chi connectivity index (χ4v) is 4.30. The molecule has 0 spiro atoms. The lowest BCUT2D eigenvalue weighted by atomic mass is 10.1. The average Bonchev–Trinajstić information content (AvgIpc) is 3.23. The topological polar surface area (TPSA) is 117 Å². The number of aryl methyl sites for hydroxylation is 3. The number of aromatic nitrogens is 4. The molecule has 0 saturated carbocycles.